The lowest BCUT2D eigenvalue weighted by Gasteiger charge is -2.10. The third kappa shape index (κ3) is 5.91. The van der Waals surface area contributed by atoms with Crippen molar-refractivity contribution in [3.8, 4) is 22.9 Å². The minimum absolute atomic E-state index is 0.134. The van der Waals surface area contributed by atoms with Crippen molar-refractivity contribution in [1.82, 2.24) is 20.4 Å². The Morgan fingerprint density at radius 3 is 2.80 bits per heavy atom. The van der Waals surface area contributed by atoms with E-state index >= 15 is 0 Å². The summed E-state index contributed by atoms with van der Waals surface area (Å²) >= 11 is 0. The van der Waals surface area contributed by atoms with Gasteiger partial charge in [-0.15, -0.1) is 0 Å². The summed E-state index contributed by atoms with van der Waals surface area (Å²) < 4.78 is 16.3. The molecule has 30 heavy (non-hydrogen) atoms. The summed E-state index contributed by atoms with van der Waals surface area (Å²) in [4.78, 5) is 20.3. The average molecular weight is 408 g/mol. The maximum atomic E-state index is 12.1. The van der Waals surface area contributed by atoms with E-state index in [0.29, 0.717) is 29.8 Å². The van der Waals surface area contributed by atoms with Gasteiger partial charge in [0.1, 0.15) is 0 Å². The molecular formula is C22H24N4O4. The fourth-order valence-corrected chi connectivity index (χ4v) is 2.57. The van der Waals surface area contributed by atoms with E-state index in [0.717, 1.165) is 24.0 Å². The number of unbranched alkanes of at least 4 members (excludes halogenated alkanes) is 1. The number of rotatable bonds is 10. The normalized spacial score (nSPS) is 10.9. The fraction of sp³-hybridized carbons (Fsp3) is 0.273. The van der Waals surface area contributed by atoms with Crippen LogP contribution in [-0.4, -0.2) is 34.7 Å². The molecule has 0 aliphatic heterocycles. The van der Waals surface area contributed by atoms with Crippen molar-refractivity contribution >= 4 is 12.0 Å². The molecule has 8 heteroatoms. The van der Waals surface area contributed by atoms with Crippen molar-refractivity contribution in [2.75, 3.05) is 13.7 Å². The van der Waals surface area contributed by atoms with Gasteiger partial charge in [0.25, 0.3) is 0 Å². The van der Waals surface area contributed by atoms with Crippen LogP contribution in [0.25, 0.3) is 17.5 Å². The molecule has 3 aromatic rings. The van der Waals surface area contributed by atoms with Crippen molar-refractivity contribution < 1.29 is 18.8 Å². The van der Waals surface area contributed by atoms with Crippen LogP contribution in [0.1, 0.15) is 31.2 Å². The molecule has 156 valence electrons. The third-order valence-corrected chi connectivity index (χ3v) is 4.19. The molecule has 0 unspecified atom stereocenters. The van der Waals surface area contributed by atoms with Crippen molar-refractivity contribution in [3.63, 3.8) is 0 Å². The Bertz CT molecular complexity index is 986. The van der Waals surface area contributed by atoms with Crippen LogP contribution in [0.5, 0.6) is 11.5 Å². The molecule has 0 aliphatic rings. The number of benzene rings is 1. The predicted molar refractivity (Wildman–Crippen MR) is 112 cm³/mol. The van der Waals surface area contributed by atoms with Gasteiger partial charge in [0.2, 0.25) is 17.6 Å². The zero-order valence-corrected chi connectivity index (χ0v) is 17.0. The number of carbonyl (C=O) groups is 1. The first-order valence-electron chi connectivity index (χ1n) is 9.69. The molecule has 0 atom stereocenters. The van der Waals surface area contributed by atoms with E-state index in [1.807, 2.05) is 18.2 Å². The van der Waals surface area contributed by atoms with E-state index in [2.05, 4.69) is 27.4 Å². The lowest BCUT2D eigenvalue weighted by atomic mass is 10.2. The number of hydrogen-bond donors (Lipinski definition) is 1. The first-order valence-corrected chi connectivity index (χ1v) is 9.69. The second-order valence-electron chi connectivity index (χ2n) is 6.41. The summed E-state index contributed by atoms with van der Waals surface area (Å²) in [6.45, 7) is 2.88. The minimum atomic E-state index is -0.277. The van der Waals surface area contributed by atoms with Crippen LogP contribution in [0.2, 0.25) is 0 Å². The predicted octanol–water partition coefficient (Wildman–Crippen LogP) is 3.65. The van der Waals surface area contributed by atoms with Crippen LogP contribution in [0.3, 0.4) is 0 Å². The standard InChI is InChI=1S/C22H24N4O4/c1-3-4-13-29-18-7-5-16(14-19(18)28-2)6-8-20(27)24-15-21-25-22(26-30-21)17-9-11-23-12-10-17/h5-12,14H,3-4,13,15H2,1-2H3,(H,24,27)/b8-6+. The number of carbonyl (C=O) groups excluding carboxylic acids is 1. The summed E-state index contributed by atoms with van der Waals surface area (Å²) in [5.41, 5.74) is 1.62. The van der Waals surface area contributed by atoms with E-state index in [9.17, 15) is 4.79 Å². The van der Waals surface area contributed by atoms with Crippen LogP contribution in [0.15, 0.2) is 53.3 Å². The Morgan fingerprint density at radius 2 is 2.03 bits per heavy atom. The van der Waals surface area contributed by atoms with Crippen molar-refractivity contribution in [2.45, 2.75) is 26.3 Å². The minimum Gasteiger partial charge on any atom is -0.493 e. The molecule has 0 aliphatic carbocycles. The summed E-state index contributed by atoms with van der Waals surface area (Å²) in [6.07, 6.45) is 8.48. The van der Waals surface area contributed by atoms with Gasteiger partial charge in [0.05, 0.1) is 20.3 Å². The lowest BCUT2D eigenvalue weighted by Crippen LogP contribution is -2.20. The van der Waals surface area contributed by atoms with Gasteiger partial charge in [-0.3, -0.25) is 9.78 Å². The number of nitrogens with one attached hydrogen (secondary N) is 1. The smallest absolute Gasteiger partial charge is 0.246 e. The number of aromatic nitrogens is 3. The molecule has 2 aromatic heterocycles. The molecule has 1 aromatic carbocycles. The molecule has 0 saturated heterocycles. The van der Waals surface area contributed by atoms with Gasteiger partial charge in [0.15, 0.2) is 11.5 Å². The Morgan fingerprint density at radius 1 is 1.20 bits per heavy atom. The largest absolute Gasteiger partial charge is 0.493 e. The monoisotopic (exact) mass is 408 g/mol. The first kappa shape index (κ1) is 21.0. The summed E-state index contributed by atoms with van der Waals surface area (Å²) in [5, 5.41) is 6.62. The van der Waals surface area contributed by atoms with E-state index in [1.54, 1.807) is 37.7 Å². The van der Waals surface area contributed by atoms with Gasteiger partial charge >= 0.3 is 0 Å². The van der Waals surface area contributed by atoms with Crippen molar-refractivity contribution in [2.24, 2.45) is 0 Å². The Hall–Kier alpha value is -3.68. The molecule has 0 spiro atoms. The average Bonchev–Trinajstić information content (AvgIpc) is 3.26. The van der Waals surface area contributed by atoms with Gasteiger partial charge < -0.3 is 19.3 Å². The van der Waals surface area contributed by atoms with Gasteiger partial charge in [-0.2, -0.15) is 4.98 Å². The molecule has 1 amide bonds. The molecule has 0 saturated carbocycles. The quantitative estimate of drug-likeness (QED) is 0.404. The number of pyridine rings is 1. The summed E-state index contributed by atoms with van der Waals surface area (Å²) in [5.74, 6) is 1.81. The molecule has 2 heterocycles. The number of amides is 1. The summed E-state index contributed by atoms with van der Waals surface area (Å²) in [6, 6.07) is 9.09. The Kier molecular flexibility index (Phi) is 7.54. The third-order valence-electron chi connectivity index (χ3n) is 4.19. The van der Waals surface area contributed by atoms with Crippen molar-refractivity contribution in [3.05, 3.63) is 60.3 Å². The molecule has 8 nitrogen and oxygen atoms in total. The van der Waals surface area contributed by atoms with E-state index in [-0.39, 0.29) is 12.5 Å². The zero-order valence-electron chi connectivity index (χ0n) is 17.0. The van der Waals surface area contributed by atoms with Crippen LogP contribution in [0, 0.1) is 0 Å². The molecule has 3 rings (SSSR count). The maximum absolute atomic E-state index is 12.1. The zero-order chi connectivity index (χ0) is 21.2. The Labute approximate surface area is 174 Å². The lowest BCUT2D eigenvalue weighted by molar-refractivity contribution is -0.116. The second kappa shape index (κ2) is 10.8. The van der Waals surface area contributed by atoms with E-state index in [4.69, 9.17) is 14.0 Å². The Balaban J connectivity index is 1.54. The molecular weight excluding hydrogens is 384 g/mol. The number of ether oxygens (including phenoxy) is 2. The van der Waals surface area contributed by atoms with Crippen LogP contribution >= 0.6 is 0 Å². The van der Waals surface area contributed by atoms with Gasteiger partial charge in [-0.05, 0) is 42.3 Å². The first-order chi connectivity index (χ1) is 14.7. The number of nitrogens with zero attached hydrogens (tertiary/aromatic N) is 3. The topological polar surface area (TPSA) is 99.4 Å². The highest BCUT2D eigenvalue weighted by Crippen LogP contribution is 2.28. The molecule has 1 N–H and O–H groups in total. The fourth-order valence-electron chi connectivity index (χ4n) is 2.57. The second-order valence-corrected chi connectivity index (χ2v) is 6.41. The molecule has 0 fully saturated rings. The van der Waals surface area contributed by atoms with Crippen LogP contribution in [-0.2, 0) is 11.3 Å². The highest BCUT2D eigenvalue weighted by molar-refractivity contribution is 5.91. The molecule has 0 radical (unpaired) electrons. The van der Waals surface area contributed by atoms with Crippen LogP contribution in [0.4, 0.5) is 0 Å². The summed E-state index contributed by atoms with van der Waals surface area (Å²) in [7, 11) is 1.59. The van der Waals surface area contributed by atoms with Crippen molar-refractivity contribution in [1.29, 1.82) is 0 Å². The SMILES string of the molecule is CCCCOc1ccc(/C=C/C(=O)NCc2nc(-c3ccncc3)no2)cc1OC. The maximum Gasteiger partial charge on any atom is 0.246 e. The highest BCUT2D eigenvalue weighted by Gasteiger charge is 2.09. The number of hydrogen-bond acceptors (Lipinski definition) is 7. The van der Waals surface area contributed by atoms with E-state index < -0.39 is 0 Å². The highest BCUT2D eigenvalue weighted by atomic mass is 16.5. The van der Waals surface area contributed by atoms with Gasteiger partial charge in [-0.1, -0.05) is 24.6 Å². The van der Waals surface area contributed by atoms with Crippen LogP contribution < -0.4 is 14.8 Å². The molecule has 0 bridgehead atoms. The van der Waals surface area contributed by atoms with Gasteiger partial charge in [0, 0.05) is 24.0 Å². The van der Waals surface area contributed by atoms with Gasteiger partial charge in [-0.25, -0.2) is 0 Å². The number of methoxy groups -OCH3 is 1. The van der Waals surface area contributed by atoms with E-state index in [1.165, 1.54) is 6.08 Å².